The summed E-state index contributed by atoms with van der Waals surface area (Å²) in [6.07, 6.45) is 0.666. The SMILES string of the molecule is Nc1ccccc1NC(=O)CCCC(=O)NCc1cccc(-c2ccc([C@@H]3O[C@H](CN4CCN(c5ccc([N+](=O)[O-])cc5)CC4)C[C@H](c4ccc(CO)cc4)O3)cc2)c1. The Morgan fingerprint density at radius 1 is 0.780 bits per heavy atom. The van der Waals surface area contributed by atoms with Gasteiger partial charge in [-0.3, -0.25) is 24.6 Å². The number of nitrogens with one attached hydrogen (secondary N) is 2. The first-order valence-electron chi connectivity index (χ1n) is 20.0. The molecule has 7 rings (SSSR count). The summed E-state index contributed by atoms with van der Waals surface area (Å²) in [5.74, 6) is -0.303. The number of aliphatic hydroxyl groups excluding tert-OH is 1. The Labute approximate surface area is 343 Å². The fourth-order valence-corrected chi connectivity index (χ4v) is 7.51. The van der Waals surface area contributed by atoms with E-state index in [1.165, 1.54) is 0 Å². The predicted molar refractivity (Wildman–Crippen MR) is 227 cm³/mol. The zero-order chi connectivity index (χ0) is 41.1. The van der Waals surface area contributed by atoms with Gasteiger partial charge in [-0.1, -0.05) is 78.9 Å². The number of rotatable bonds is 15. The van der Waals surface area contributed by atoms with Crippen molar-refractivity contribution in [2.45, 2.75) is 57.3 Å². The molecule has 0 bridgehead atoms. The summed E-state index contributed by atoms with van der Waals surface area (Å²) in [6, 6.07) is 37.9. The van der Waals surface area contributed by atoms with Gasteiger partial charge in [0.25, 0.3) is 5.69 Å². The van der Waals surface area contributed by atoms with Crippen molar-refractivity contribution in [1.29, 1.82) is 0 Å². The van der Waals surface area contributed by atoms with E-state index >= 15 is 0 Å². The van der Waals surface area contributed by atoms with Crippen LogP contribution in [0.2, 0.25) is 0 Å². The molecule has 13 nitrogen and oxygen atoms in total. The van der Waals surface area contributed by atoms with Crippen LogP contribution in [0.15, 0.2) is 121 Å². The number of para-hydroxylation sites is 2. The molecule has 0 aromatic heterocycles. The van der Waals surface area contributed by atoms with Crippen LogP contribution in [0.5, 0.6) is 0 Å². The number of piperazine rings is 1. The monoisotopic (exact) mass is 798 g/mol. The minimum absolute atomic E-state index is 0.0239. The predicted octanol–water partition coefficient (Wildman–Crippen LogP) is 7.13. The summed E-state index contributed by atoms with van der Waals surface area (Å²) in [5.41, 5.74) is 13.8. The number of hydrogen-bond donors (Lipinski definition) is 4. The van der Waals surface area contributed by atoms with E-state index in [1.807, 2.05) is 66.7 Å². The summed E-state index contributed by atoms with van der Waals surface area (Å²) < 4.78 is 13.3. The van der Waals surface area contributed by atoms with Crippen molar-refractivity contribution in [2.24, 2.45) is 0 Å². The summed E-state index contributed by atoms with van der Waals surface area (Å²) in [7, 11) is 0. The molecule has 2 aliphatic heterocycles. The molecule has 3 atom stereocenters. The third-order valence-corrected chi connectivity index (χ3v) is 10.9. The molecule has 5 aromatic rings. The first-order valence-corrected chi connectivity index (χ1v) is 20.0. The van der Waals surface area contributed by atoms with E-state index in [0.717, 1.165) is 71.8 Å². The number of anilines is 3. The molecule has 0 unspecified atom stereocenters. The average molecular weight is 799 g/mol. The van der Waals surface area contributed by atoms with Gasteiger partial charge in [-0.25, -0.2) is 0 Å². The molecule has 59 heavy (non-hydrogen) atoms. The lowest BCUT2D eigenvalue weighted by Gasteiger charge is -2.41. The number of hydrogen-bond acceptors (Lipinski definition) is 10. The van der Waals surface area contributed by atoms with Crippen LogP contribution in [-0.2, 0) is 32.2 Å². The fourth-order valence-electron chi connectivity index (χ4n) is 7.51. The molecule has 2 heterocycles. The van der Waals surface area contributed by atoms with Crippen LogP contribution in [-0.4, -0.2) is 65.6 Å². The zero-order valence-electron chi connectivity index (χ0n) is 32.9. The molecule has 0 saturated carbocycles. The molecule has 0 radical (unpaired) electrons. The van der Waals surface area contributed by atoms with Crippen LogP contribution >= 0.6 is 0 Å². The van der Waals surface area contributed by atoms with Crippen LogP contribution in [0.25, 0.3) is 11.1 Å². The van der Waals surface area contributed by atoms with Crippen molar-refractivity contribution in [3.63, 3.8) is 0 Å². The second-order valence-corrected chi connectivity index (χ2v) is 15.0. The number of ether oxygens (including phenoxy) is 2. The fraction of sp³-hybridized carbons (Fsp3) is 0.304. The maximum Gasteiger partial charge on any atom is 0.269 e. The van der Waals surface area contributed by atoms with Crippen LogP contribution in [0.3, 0.4) is 0 Å². The molecular formula is C46H50N6O7. The van der Waals surface area contributed by atoms with Gasteiger partial charge in [0.2, 0.25) is 11.8 Å². The largest absolute Gasteiger partial charge is 0.397 e. The number of nitro groups is 1. The van der Waals surface area contributed by atoms with E-state index in [2.05, 4.69) is 38.6 Å². The maximum absolute atomic E-state index is 12.6. The summed E-state index contributed by atoms with van der Waals surface area (Å²) >= 11 is 0. The van der Waals surface area contributed by atoms with Gasteiger partial charge < -0.3 is 35.8 Å². The number of carbonyl (C=O) groups is 2. The lowest BCUT2D eigenvalue weighted by molar-refractivity contribution is -0.384. The van der Waals surface area contributed by atoms with Crippen LogP contribution in [0.4, 0.5) is 22.7 Å². The van der Waals surface area contributed by atoms with E-state index < -0.39 is 6.29 Å². The number of benzene rings is 5. The number of nitro benzene ring substituents is 1. The summed E-state index contributed by atoms with van der Waals surface area (Å²) in [4.78, 5) is 40.3. The Morgan fingerprint density at radius 3 is 2.20 bits per heavy atom. The molecule has 306 valence electrons. The molecule has 13 heteroatoms. The molecule has 2 fully saturated rings. The van der Waals surface area contributed by atoms with Gasteiger partial charge in [0.05, 0.1) is 35.1 Å². The first kappa shape index (κ1) is 41.1. The lowest BCUT2D eigenvalue weighted by Crippen LogP contribution is -2.49. The van der Waals surface area contributed by atoms with E-state index in [9.17, 15) is 24.8 Å². The second-order valence-electron chi connectivity index (χ2n) is 15.0. The molecule has 2 saturated heterocycles. The Hall–Kier alpha value is -6.12. The highest BCUT2D eigenvalue weighted by Gasteiger charge is 2.34. The maximum atomic E-state index is 12.6. The van der Waals surface area contributed by atoms with E-state index in [-0.39, 0.29) is 54.1 Å². The number of nitrogen functional groups attached to an aromatic ring is 1. The van der Waals surface area contributed by atoms with Crippen molar-refractivity contribution in [1.82, 2.24) is 10.2 Å². The quantitative estimate of drug-likeness (QED) is 0.0485. The highest BCUT2D eigenvalue weighted by Crippen LogP contribution is 2.39. The number of aliphatic hydroxyl groups is 1. The zero-order valence-corrected chi connectivity index (χ0v) is 32.9. The molecule has 0 spiro atoms. The Morgan fingerprint density at radius 2 is 1.49 bits per heavy atom. The topological polar surface area (TPSA) is 173 Å². The average Bonchev–Trinajstić information content (AvgIpc) is 3.27. The van der Waals surface area contributed by atoms with Gasteiger partial charge in [0, 0.05) is 81.9 Å². The highest BCUT2D eigenvalue weighted by atomic mass is 16.7. The van der Waals surface area contributed by atoms with Gasteiger partial charge >= 0.3 is 0 Å². The summed E-state index contributed by atoms with van der Waals surface area (Å²) in [5, 5.41) is 26.5. The van der Waals surface area contributed by atoms with Gasteiger partial charge in [-0.05, 0) is 64.6 Å². The smallest absolute Gasteiger partial charge is 0.269 e. The van der Waals surface area contributed by atoms with E-state index in [4.69, 9.17) is 15.2 Å². The van der Waals surface area contributed by atoms with Crippen molar-refractivity contribution in [3.05, 3.63) is 154 Å². The van der Waals surface area contributed by atoms with Gasteiger partial charge in [-0.15, -0.1) is 0 Å². The van der Waals surface area contributed by atoms with E-state index in [1.54, 1.807) is 36.4 Å². The van der Waals surface area contributed by atoms with E-state index in [0.29, 0.717) is 30.8 Å². The second kappa shape index (κ2) is 19.6. The number of nitrogens with zero attached hydrogens (tertiary/aromatic N) is 3. The highest BCUT2D eigenvalue weighted by molar-refractivity contribution is 5.94. The minimum Gasteiger partial charge on any atom is -0.397 e. The van der Waals surface area contributed by atoms with Crippen molar-refractivity contribution >= 4 is 34.6 Å². The van der Waals surface area contributed by atoms with Gasteiger partial charge in [0.1, 0.15) is 0 Å². The minimum atomic E-state index is -0.587. The van der Waals surface area contributed by atoms with Gasteiger partial charge in [0.15, 0.2) is 6.29 Å². The molecule has 2 amide bonds. The van der Waals surface area contributed by atoms with Gasteiger partial charge in [-0.2, -0.15) is 0 Å². The Balaban J connectivity index is 0.942. The third kappa shape index (κ3) is 11.1. The number of amides is 2. The summed E-state index contributed by atoms with van der Waals surface area (Å²) in [6.45, 7) is 4.36. The number of nitrogens with two attached hydrogens (primary N) is 1. The van der Waals surface area contributed by atoms with Crippen molar-refractivity contribution < 1.29 is 29.1 Å². The lowest BCUT2D eigenvalue weighted by atomic mass is 9.98. The standard InChI is InChI=1S/C46H50N6O7/c47-41-7-1-2-8-42(41)49-45(55)10-4-9-44(54)48-29-33-5-3-6-37(27-33)34-15-17-36(18-16-34)46-58-40(28-43(59-46)35-13-11-32(31-53)12-14-35)30-50-23-25-51(26-24-50)38-19-21-39(22-20-38)52(56)57/h1-3,5-8,11-22,27,40,43,46,53H,4,9-10,23-26,28-31,47H2,(H,48,54)(H,49,55)/t40-,43+,46+/m0/s1. The van der Waals surface area contributed by atoms with Crippen molar-refractivity contribution in [3.8, 4) is 11.1 Å². The third-order valence-electron chi connectivity index (χ3n) is 10.9. The molecule has 5 aromatic carbocycles. The van der Waals surface area contributed by atoms with Crippen molar-refractivity contribution in [2.75, 3.05) is 48.7 Å². The van der Waals surface area contributed by atoms with Crippen LogP contribution in [0.1, 0.15) is 60.3 Å². The molecule has 2 aliphatic rings. The first-order chi connectivity index (χ1) is 28.7. The molecular weight excluding hydrogens is 749 g/mol. The number of carbonyl (C=O) groups excluding carboxylic acids is 2. The normalized spacial score (nSPS) is 18.3. The van der Waals surface area contributed by atoms with Crippen LogP contribution < -0.4 is 21.3 Å². The molecule has 0 aliphatic carbocycles. The Bertz CT molecular complexity index is 2190. The van der Waals surface area contributed by atoms with Crippen LogP contribution in [0, 0.1) is 10.1 Å². The Kier molecular flexibility index (Phi) is 13.6. The molecule has 5 N–H and O–H groups in total. The number of non-ortho nitro benzene ring substituents is 1.